The second-order valence-electron chi connectivity index (χ2n) is 4.35. The van der Waals surface area contributed by atoms with Gasteiger partial charge in [-0.2, -0.15) is 0 Å². The first-order valence-electron chi connectivity index (χ1n) is 5.23. The number of carbonyl (C=O) groups excluding carboxylic acids is 1. The molecule has 1 N–H and O–H groups in total. The smallest absolute Gasteiger partial charge is 0.415 e. The van der Waals surface area contributed by atoms with Crippen molar-refractivity contribution in [2.75, 3.05) is 18.1 Å². The van der Waals surface area contributed by atoms with Crippen LogP contribution in [0.3, 0.4) is 0 Å². The molecule has 1 atom stereocenters. The number of anilines is 1. The number of cyclic esters (lactones) is 1. The molecular weight excluding hydrogens is 206 g/mol. The van der Waals surface area contributed by atoms with Gasteiger partial charge in [-0.25, -0.2) is 4.79 Å². The van der Waals surface area contributed by atoms with Crippen LogP contribution in [-0.4, -0.2) is 30.0 Å². The second kappa shape index (κ2) is 3.79. The Bertz CT molecular complexity index is 418. The van der Waals surface area contributed by atoms with Crippen molar-refractivity contribution >= 4 is 11.8 Å². The van der Waals surface area contributed by atoms with Crippen LogP contribution < -0.4 is 4.90 Å². The van der Waals surface area contributed by atoms with Gasteiger partial charge in [-0.3, -0.25) is 4.90 Å². The molecule has 1 saturated heterocycles. The molecule has 1 amide bonds. The van der Waals surface area contributed by atoms with Crippen molar-refractivity contribution in [3.05, 3.63) is 29.8 Å². The van der Waals surface area contributed by atoms with E-state index in [-0.39, 0.29) is 6.61 Å². The Hall–Kier alpha value is -1.55. The van der Waals surface area contributed by atoms with Gasteiger partial charge in [-0.05, 0) is 25.5 Å². The molecule has 16 heavy (non-hydrogen) atoms. The van der Waals surface area contributed by atoms with E-state index in [9.17, 15) is 9.90 Å². The van der Waals surface area contributed by atoms with Crippen molar-refractivity contribution in [2.24, 2.45) is 0 Å². The van der Waals surface area contributed by atoms with E-state index >= 15 is 0 Å². The van der Waals surface area contributed by atoms with Gasteiger partial charge in [0.2, 0.25) is 0 Å². The van der Waals surface area contributed by atoms with Gasteiger partial charge >= 0.3 is 6.09 Å². The van der Waals surface area contributed by atoms with Crippen molar-refractivity contribution in [1.29, 1.82) is 0 Å². The topological polar surface area (TPSA) is 49.8 Å². The zero-order chi connectivity index (χ0) is 11.8. The van der Waals surface area contributed by atoms with Crippen LogP contribution in [0.4, 0.5) is 10.5 Å². The molecule has 4 heteroatoms. The van der Waals surface area contributed by atoms with Crippen molar-refractivity contribution in [3.63, 3.8) is 0 Å². The minimum absolute atomic E-state index is 0.166. The SMILES string of the molecule is Cc1ccccc1N1CC(C)(CO)OC1=O. The Morgan fingerprint density at radius 2 is 2.19 bits per heavy atom. The minimum Gasteiger partial charge on any atom is -0.438 e. The van der Waals surface area contributed by atoms with Gasteiger partial charge in [-0.1, -0.05) is 18.2 Å². The van der Waals surface area contributed by atoms with Crippen LogP contribution in [0.1, 0.15) is 12.5 Å². The van der Waals surface area contributed by atoms with E-state index in [2.05, 4.69) is 0 Å². The quantitative estimate of drug-likeness (QED) is 0.827. The van der Waals surface area contributed by atoms with Crippen molar-refractivity contribution < 1.29 is 14.6 Å². The molecule has 86 valence electrons. The minimum atomic E-state index is -0.792. The van der Waals surface area contributed by atoms with Crippen LogP contribution in [0, 0.1) is 6.92 Å². The number of hydrogen-bond donors (Lipinski definition) is 1. The van der Waals surface area contributed by atoms with E-state index in [0.717, 1.165) is 11.3 Å². The van der Waals surface area contributed by atoms with Gasteiger partial charge in [0.05, 0.1) is 18.8 Å². The average molecular weight is 221 g/mol. The number of benzene rings is 1. The van der Waals surface area contributed by atoms with Gasteiger partial charge < -0.3 is 9.84 Å². The Balaban J connectivity index is 2.31. The fraction of sp³-hybridized carbons (Fsp3) is 0.417. The second-order valence-corrected chi connectivity index (χ2v) is 4.35. The third-order valence-corrected chi connectivity index (χ3v) is 2.79. The molecule has 0 bridgehead atoms. The van der Waals surface area contributed by atoms with Gasteiger partial charge in [0.25, 0.3) is 0 Å². The highest BCUT2D eigenvalue weighted by Crippen LogP contribution is 2.29. The summed E-state index contributed by atoms with van der Waals surface area (Å²) in [5.74, 6) is 0. The normalized spacial score (nSPS) is 24.7. The van der Waals surface area contributed by atoms with Crippen LogP contribution in [0.15, 0.2) is 24.3 Å². The average Bonchev–Trinajstić information content (AvgIpc) is 2.56. The highest BCUT2D eigenvalue weighted by atomic mass is 16.6. The van der Waals surface area contributed by atoms with Crippen LogP contribution >= 0.6 is 0 Å². The summed E-state index contributed by atoms with van der Waals surface area (Å²) < 4.78 is 5.16. The van der Waals surface area contributed by atoms with Gasteiger partial charge in [0.15, 0.2) is 5.60 Å². The third-order valence-electron chi connectivity index (χ3n) is 2.79. The number of para-hydroxylation sites is 1. The molecule has 2 rings (SSSR count). The van der Waals surface area contributed by atoms with Gasteiger partial charge in [0.1, 0.15) is 0 Å². The largest absolute Gasteiger partial charge is 0.438 e. The molecule has 1 unspecified atom stereocenters. The summed E-state index contributed by atoms with van der Waals surface area (Å²) >= 11 is 0. The summed E-state index contributed by atoms with van der Waals surface area (Å²) in [4.78, 5) is 13.3. The van der Waals surface area contributed by atoms with Crippen molar-refractivity contribution in [1.82, 2.24) is 0 Å². The number of ether oxygens (including phenoxy) is 1. The summed E-state index contributed by atoms with van der Waals surface area (Å²) in [7, 11) is 0. The lowest BCUT2D eigenvalue weighted by Gasteiger charge is -2.19. The zero-order valence-corrected chi connectivity index (χ0v) is 9.43. The molecule has 1 aliphatic heterocycles. The number of nitrogens with zero attached hydrogens (tertiary/aromatic N) is 1. The number of carbonyl (C=O) groups is 1. The summed E-state index contributed by atoms with van der Waals surface area (Å²) in [5.41, 5.74) is 1.06. The Morgan fingerprint density at radius 3 is 2.75 bits per heavy atom. The van der Waals surface area contributed by atoms with Crippen LogP contribution in [0.5, 0.6) is 0 Å². The molecule has 0 radical (unpaired) electrons. The highest BCUT2D eigenvalue weighted by molar-refractivity contribution is 5.91. The molecule has 4 nitrogen and oxygen atoms in total. The summed E-state index contributed by atoms with van der Waals surface area (Å²) in [5, 5.41) is 9.17. The van der Waals surface area contributed by atoms with E-state index in [1.165, 1.54) is 0 Å². The lowest BCUT2D eigenvalue weighted by atomic mass is 10.1. The monoisotopic (exact) mass is 221 g/mol. The maximum atomic E-state index is 11.7. The van der Waals surface area contributed by atoms with E-state index in [1.54, 1.807) is 11.8 Å². The van der Waals surface area contributed by atoms with Crippen molar-refractivity contribution in [3.8, 4) is 0 Å². The zero-order valence-electron chi connectivity index (χ0n) is 9.43. The van der Waals surface area contributed by atoms with Crippen LogP contribution in [-0.2, 0) is 4.74 Å². The summed E-state index contributed by atoms with van der Waals surface area (Å²) in [6, 6.07) is 7.62. The van der Waals surface area contributed by atoms with Crippen LogP contribution in [0.25, 0.3) is 0 Å². The summed E-state index contributed by atoms with van der Waals surface area (Å²) in [6.07, 6.45) is -0.397. The van der Waals surface area contributed by atoms with E-state index in [4.69, 9.17) is 4.74 Å². The fourth-order valence-electron chi connectivity index (χ4n) is 1.83. The standard InChI is InChI=1S/C12H15NO3/c1-9-5-3-4-6-10(9)13-7-12(2,8-14)16-11(13)15/h3-6,14H,7-8H2,1-2H3. The van der Waals surface area contributed by atoms with Gasteiger partial charge in [-0.15, -0.1) is 0 Å². The number of aliphatic hydroxyl groups is 1. The first-order chi connectivity index (χ1) is 7.56. The summed E-state index contributed by atoms with van der Waals surface area (Å²) in [6.45, 7) is 3.88. The molecule has 1 aromatic rings. The predicted molar refractivity (Wildman–Crippen MR) is 60.5 cm³/mol. The van der Waals surface area contributed by atoms with Crippen LogP contribution in [0.2, 0.25) is 0 Å². The molecule has 0 aliphatic carbocycles. The van der Waals surface area contributed by atoms with E-state index in [0.29, 0.717) is 6.54 Å². The first kappa shape index (κ1) is 11.0. The molecular formula is C12H15NO3. The third kappa shape index (κ3) is 1.76. The Labute approximate surface area is 94.4 Å². The highest BCUT2D eigenvalue weighted by Gasteiger charge is 2.41. The maximum absolute atomic E-state index is 11.7. The van der Waals surface area contributed by atoms with Gasteiger partial charge in [0, 0.05) is 0 Å². The molecule has 0 spiro atoms. The fourth-order valence-corrected chi connectivity index (χ4v) is 1.83. The molecule has 1 heterocycles. The number of amides is 1. The first-order valence-corrected chi connectivity index (χ1v) is 5.23. The predicted octanol–water partition coefficient (Wildman–Crippen LogP) is 1.70. The number of hydrogen-bond acceptors (Lipinski definition) is 3. The number of aliphatic hydroxyl groups excluding tert-OH is 1. The molecule has 1 aliphatic rings. The Kier molecular flexibility index (Phi) is 2.59. The van der Waals surface area contributed by atoms with Crippen molar-refractivity contribution in [2.45, 2.75) is 19.4 Å². The molecule has 0 saturated carbocycles. The lowest BCUT2D eigenvalue weighted by Crippen LogP contribution is -2.35. The molecule has 1 fully saturated rings. The van der Waals surface area contributed by atoms with E-state index in [1.807, 2.05) is 31.2 Å². The molecule has 1 aromatic carbocycles. The molecule has 0 aromatic heterocycles. The van der Waals surface area contributed by atoms with E-state index < -0.39 is 11.7 Å². The lowest BCUT2D eigenvalue weighted by molar-refractivity contribution is 0.0219. The Morgan fingerprint density at radius 1 is 1.50 bits per heavy atom. The maximum Gasteiger partial charge on any atom is 0.415 e. The number of rotatable bonds is 2. The number of aryl methyl sites for hydroxylation is 1.